The van der Waals surface area contributed by atoms with E-state index in [1.54, 1.807) is 22.4 Å². The molecule has 0 bridgehead atoms. The molecule has 0 fully saturated rings. The van der Waals surface area contributed by atoms with Gasteiger partial charge in [-0.2, -0.15) is 0 Å². The molecular weight excluding hydrogens is 348 g/mol. The summed E-state index contributed by atoms with van der Waals surface area (Å²) in [7, 11) is 1.82. The lowest BCUT2D eigenvalue weighted by Crippen LogP contribution is -2.26. The van der Waals surface area contributed by atoms with Crippen molar-refractivity contribution in [2.24, 2.45) is 0 Å². The van der Waals surface area contributed by atoms with Crippen LogP contribution in [0.3, 0.4) is 0 Å². The van der Waals surface area contributed by atoms with E-state index in [1.807, 2.05) is 49.5 Å². The highest BCUT2D eigenvalue weighted by Gasteiger charge is 2.16. The number of nitrogens with zero attached hydrogens (tertiary/aromatic N) is 2. The van der Waals surface area contributed by atoms with Crippen molar-refractivity contribution in [2.45, 2.75) is 6.54 Å². The summed E-state index contributed by atoms with van der Waals surface area (Å²) in [6, 6.07) is 13.6. The molecule has 2 heterocycles. The summed E-state index contributed by atoms with van der Waals surface area (Å²) in [6.07, 6.45) is 1.72. The zero-order valence-corrected chi connectivity index (χ0v) is 13.8. The summed E-state index contributed by atoms with van der Waals surface area (Å²) < 4.78 is 1.07. The number of fused-ring (bicyclic) bond motifs is 1. The molecule has 3 nitrogen and oxygen atoms in total. The van der Waals surface area contributed by atoms with Gasteiger partial charge in [0, 0.05) is 23.5 Å². The molecule has 3 aromatic rings. The minimum absolute atomic E-state index is 0.0103. The Labute approximate surface area is 135 Å². The molecule has 0 aliphatic heterocycles. The molecule has 0 aliphatic rings. The predicted molar refractivity (Wildman–Crippen MR) is 89.6 cm³/mol. The van der Waals surface area contributed by atoms with Crippen molar-refractivity contribution in [1.82, 2.24) is 9.88 Å². The number of halogens is 1. The quantitative estimate of drug-likeness (QED) is 0.696. The van der Waals surface area contributed by atoms with Gasteiger partial charge in [-0.25, -0.2) is 0 Å². The van der Waals surface area contributed by atoms with Gasteiger partial charge in [-0.15, -0.1) is 11.3 Å². The van der Waals surface area contributed by atoms with E-state index in [2.05, 4.69) is 20.9 Å². The van der Waals surface area contributed by atoms with Crippen LogP contribution in [0.4, 0.5) is 0 Å². The molecule has 1 aromatic carbocycles. The molecule has 0 saturated heterocycles. The van der Waals surface area contributed by atoms with E-state index in [4.69, 9.17) is 0 Å². The van der Waals surface area contributed by atoms with Crippen LogP contribution in [0.25, 0.3) is 10.9 Å². The van der Waals surface area contributed by atoms with Crippen LogP contribution in [0.2, 0.25) is 0 Å². The lowest BCUT2D eigenvalue weighted by Gasteiger charge is -2.17. The molecule has 0 spiro atoms. The van der Waals surface area contributed by atoms with Crippen LogP contribution >= 0.6 is 27.3 Å². The Morgan fingerprint density at radius 3 is 2.81 bits per heavy atom. The molecule has 0 N–H and O–H groups in total. The third kappa shape index (κ3) is 2.99. The first-order valence-corrected chi connectivity index (χ1v) is 8.09. The molecule has 0 radical (unpaired) electrons. The molecule has 0 aliphatic carbocycles. The lowest BCUT2D eigenvalue weighted by molar-refractivity contribution is 0.0788. The number of rotatable bonds is 3. The smallest absolute Gasteiger partial charge is 0.256 e. The summed E-state index contributed by atoms with van der Waals surface area (Å²) in [5.41, 5.74) is 1.40. The van der Waals surface area contributed by atoms with E-state index in [-0.39, 0.29) is 5.91 Å². The van der Waals surface area contributed by atoms with Crippen LogP contribution in [0, 0.1) is 0 Å². The monoisotopic (exact) mass is 360 g/mol. The van der Waals surface area contributed by atoms with E-state index in [0.29, 0.717) is 12.1 Å². The van der Waals surface area contributed by atoms with Crippen molar-refractivity contribution >= 4 is 44.1 Å². The van der Waals surface area contributed by atoms with Gasteiger partial charge in [-0.3, -0.25) is 9.78 Å². The topological polar surface area (TPSA) is 33.2 Å². The minimum Gasteiger partial charge on any atom is -0.336 e. The van der Waals surface area contributed by atoms with Crippen LogP contribution in [0.15, 0.2) is 52.4 Å². The summed E-state index contributed by atoms with van der Waals surface area (Å²) in [6.45, 7) is 0.596. The SMILES string of the molecule is CN(Cc1ccc(Br)s1)C(=O)c1cccc2cccnc12. The minimum atomic E-state index is -0.0103. The highest BCUT2D eigenvalue weighted by Crippen LogP contribution is 2.24. The maximum absolute atomic E-state index is 12.6. The lowest BCUT2D eigenvalue weighted by atomic mass is 10.1. The fourth-order valence-electron chi connectivity index (χ4n) is 2.22. The maximum atomic E-state index is 12.6. The average Bonchev–Trinajstić information content (AvgIpc) is 2.91. The first kappa shape index (κ1) is 14.2. The highest BCUT2D eigenvalue weighted by atomic mass is 79.9. The predicted octanol–water partition coefficient (Wildman–Crippen LogP) is 4.33. The van der Waals surface area contributed by atoms with Crippen LogP contribution in [-0.4, -0.2) is 22.8 Å². The Morgan fingerprint density at radius 1 is 1.24 bits per heavy atom. The van der Waals surface area contributed by atoms with Crippen LogP contribution < -0.4 is 0 Å². The fourth-order valence-corrected chi connectivity index (χ4v) is 3.76. The van der Waals surface area contributed by atoms with Crippen LogP contribution in [0.5, 0.6) is 0 Å². The second kappa shape index (κ2) is 5.95. The third-order valence-corrected chi connectivity index (χ3v) is 4.84. The van der Waals surface area contributed by atoms with E-state index < -0.39 is 0 Å². The fraction of sp³-hybridized carbons (Fsp3) is 0.125. The number of hydrogen-bond donors (Lipinski definition) is 0. The van der Waals surface area contributed by atoms with Crippen molar-refractivity contribution in [3.8, 4) is 0 Å². The van der Waals surface area contributed by atoms with Gasteiger partial charge in [0.25, 0.3) is 5.91 Å². The maximum Gasteiger partial charge on any atom is 0.256 e. The van der Waals surface area contributed by atoms with E-state index in [9.17, 15) is 4.79 Å². The van der Waals surface area contributed by atoms with Crippen molar-refractivity contribution in [3.05, 3.63) is 62.9 Å². The number of aromatic nitrogens is 1. The third-order valence-electron chi connectivity index (χ3n) is 3.23. The van der Waals surface area contributed by atoms with Crippen LogP contribution in [-0.2, 0) is 6.54 Å². The number of pyridine rings is 1. The Bertz CT molecular complexity index is 794. The van der Waals surface area contributed by atoms with Crippen molar-refractivity contribution in [3.63, 3.8) is 0 Å². The van der Waals surface area contributed by atoms with Gasteiger partial charge in [0.15, 0.2) is 0 Å². The largest absolute Gasteiger partial charge is 0.336 e. The summed E-state index contributed by atoms with van der Waals surface area (Å²) in [5.74, 6) is -0.0103. The number of para-hydroxylation sites is 1. The molecule has 106 valence electrons. The zero-order chi connectivity index (χ0) is 14.8. The van der Waals surface area contributed by atoms with Gasteiger partial charge in [0.2, 0.25) is 0 Å². The van der Waals surface area contributed by atoms with E-state index in [0.717, 1.165) is 19.6 Å². The number of carbonyl (C=O) groups is 1. The Kier molecular flexibility index (Phi) is 4.03. The van der Waals surface area contributed by atoms with Crippen LogP contribution in [0.1, 0.15) is 15.2 Å². The van der Waals surface area contributed by atoms with Crippen molar-refractivity contribution in [2.75, 3.05) is 7.05 Å². The Balaban J connectivity index is 1.89. The van der Waals surface area contributed by atoms with Crippen molar-refractivity contribution < 1.29 is 4.79 Å². The molecule has 0 saturated carbocycles. The molecule has 2 aromatic heterocycles. The summed E-state index contributed by atoms with van der Waals surface area (Å²) >= 11 is 5.08. The Morgan fingerprint density at radius 2 is 2.05 bits per heavy atom. The number of benzene rings is 1. The standard InChI is InChI=1S/C16H13BrN2OS/c1-19(10-12-7-8-14(17)21-12)16(20)13-6-2-4-11-5-3-9-18-15(11)13/h2-9H,10H2,1H3. The average molecular weight is 361 g/mol. The number of hydrogen-bond acceptors (Lipinski definition) is 3. The first-order valence-electron chi connectivity index (χ1n) is 6.48. The summed E-state index contributed by atoms with van der Waals surface area (Å²) in [5, 5.41) is 0.982. The van der Waals surface area contributed by atoms with E-state index in [1.165, 1.54) is 0 Å². The van der Waals surface area contributed by atoms with Gasteiger partial charge < -0.3 is 4.90 Å². The van der Waals surface area contributed by atoms with Crippen molar-refractivity contribution in [1.29, 1.82) is 0 Å². The van der Waals surface area contributed by atoms with Gasteiger partial charge >= 0.3 is 0 Å². The second-order valence-corrected chi connectivity index (χ2v) is 7.30. The molecule has 1 amide bonds. The summed E-state index contributed by atoms with van der Waals surface area (Å²) in [4.78, 5) is 19.9. The molecule has 3 rings (SSSR count). The van der Waals surface area contributed by atoms with Gasteiger partial charge in [0.05, 0.1) is 21.4 Å². The molecule has 21 heavy (non-hydrogen) atoms. The Hall–Kier alpha value is -1.72. The zero-order valence-electron chi connectivity index (χ0n) is 11.4. The van der Waals surface area contributed by atoms with Gasteiger partial charge in [-0.1, -0.05) is 18.2 Å². The highest BCUT2D eigenvalue weighted by molar-refractivity contribution is 9.11. The second-order valence-electron chi connectivity index (χ2n) is 4.75. The number of thiophene rings is 1. The number of carbonyl (C=O) groups excluding carboxylic acids is 1. The van der Waals surface area contributed by atoms with E-state index >= 15 is 0 Å². The molecule has 0 atom stereocenters. The molecular formula is C16H13BrN2OS. The normalized spacial score (nSPS) is 10.8. The first-order chi connectivity index (χ1) is 10.1. The number of amides is 1. The van der Waals surface area contributed by atoms with Gasteiger partial charge in [0.1, 0.15) is 0 Å². The van der Waals surface area contributed by atoms with Gasteiger partial charge in [-0.05, 0) is 40.2 Å². The molecule has 0 unspecified atom stereocenters. The molecule has 5 heteroatoms.